The average Bonchev–Trinajstić information content (AvgIpc) is 2.58. The second-order valence-electron chi connectivity index (χ2n) is 6.35. The van der Waals surface area contributed by atoms with Gasteiger partial charge in [0.2, 0.25) is 0 Å². The molecule has 0 aromatic rings. The predicted octanol–water partition coefficient (Wildman–Crippen LogP) is 2.76. The maximum absolute atomic E-state index is 12.0. The summed E-state index contributed by atoms with van der Waals surface area (Å²) in [5, 5.41) is 11.6. The van der Waals surface area contributed by atoms with E-state index in [-0.39, 0.29) is 0 Å². The Morgan fingerprint density at radius 1 is 0.882 bits per heavy atom. The van der Waals surface area contributed by atoms with Gasteiger partial charge in [0.15, 0.2) is 0 Å². The number of aliphatic hydroxyl groups is 1. The van der Waals surface area contributed by atoms with Crippen LogP contribution in [-0.4, -0.2) is 25.4 Å². The van der Waals surface area contributed by atoms with E-state index >= 15 is 0 Å². The molecule has 1 aliphatic carbocycles. The molecule has 17 heavy (non-hydrogen) atoms. The first kappa shape index (κ1) is 12.2. The highest BCUT2D eigenvalue weighted by atomic mass is 32.2. The van der Waals surface area contributed by atoms with Gasteiger partial charge in [-0.1, -0.05) is 25.7 Å². The van der Waals surface area contributed by atoms with Crippen molar-refractivity contribution < 1.29 is 9.32 Å². The molecule has 0 spiro atoms. The molecular weight excluding hydrogens is 232 g/mol. The summed E-state index contributed by atoms with van der Waals surface area (Å²) in [5.74, 6) is 0.491. The molecule has 98 valence electrons. The molecule has 1 N–H and O–H groups in total. The third-order valence-corrected chi connectivity index (χ3v) is 7.36. The van der Waals surface area contributed by atoms with Gasteiger partial charge in [-0.3, -0.25) is 4.21 Å². The Morgan fingerprint density at radius 2 is 1.41 bits per heavy atom. The number of rotatable bonds is 1. The zero-order chi connectivity index (χ0) is 11.9. The lowest BCUT2D eigenvalue weighted by Gasteiger charge is -2.41. The van der Waals surface area contributed by atoms with Gasteiger partial charge in [0.25, 0.3) is 0 Å². The van der Waals surface area contributed by atoms with Gasteiger partial charge in [0, 0.05) is 21.3 Å². The molecule has 2 saturated heterocycles. The SMILES string of the molecule is O=S1C2CCC1CC(O)(C1CCCCCC1)C2. The third kappa shape index (κ3) is 2.21. The highest BCUT2D eigenvalue weighted by molar-refractivity contribution is 7.86. The summed E-state index contributed by atoms with van der Waals surface area (Å²) in [6.07, 6.45) is 11.5. The molecule has 0 amide bonds. The van der Waals surface area contributed by atoms with Gasteiger partial charge in [-0.25, -0.2) is 0 Å². The molecule has 3 aliphatic rings. The first-order valence-electron chi connectivity index (χ1n) is 7.31. The van der Waals surface area contributed by atoms with E-state index in [0.717, 1.165) is 25.7 Å². The van der Waals surface area contributed by atoms with Crippen LogP contribution in [-0.2, 0) is 10.8 Å². The van der Waals surface area contributed by atoms with Crippen LogP contribution in [0.1, 0.15) is 64.2 Å². The topological polar surface area (TPSA) is 37.3 Å². The minimum Gasteiger partial charge on any atom is -0.390 e. The quantitative estimate of drug-likeness (QED) is 0.733. The zero-order valence-corrected chi connectivity index (χ0v) is 11.4. The molecule has 0 radical (unpaired) electrons. The smallest absolute Gasteiger partial charge is 0.0698 e. The summed E-state index contributed by atoms with van der Waals surface area (Å²) in [4.78, 5) is 0. The van der Waals surface area contributed by atoms with Crippen molar-refractivity contribution in [2.45, 2.75) is 80.3 Å². The summed E-state index contributed by atoms with van der Waals surface area (Å²) >= 11 is 0. The molecule has 3 heteroatoms. The van der Waals surface area contributed by atoms with Gasteiger partial charge in [-0.2, -0.15) is 0 Å². The van der Waals surface area contributed by atoms with Crippen LogP contribution in [0.2, 0.25) is 0 Å². The van der Waals surface area contributed by atoms with Gasteiger partial charge in [-0.15, -0.1) is 0 Å². The van der Waals surface area contributed by atoms with E-state index in [4.69, 9.17) is 0 Å². The maximum Gasteiger partial charge on any atom is 0.0698 e. The first-order valence-corrected chi connectivity index (χ1v) is 8.58. The van der Waals surface area contributed by atoms with E-state index in [1.54, 1.807) is 0 Å². The number of hydrogen-bond donors (Lipinski definition) is 1. The summed E-state index contributed by atoms with van der Waals surface area (Å²) in [7, 11) is -0.634. The Bertz CT molecular complexity index is 291. The second kappa shape index (κ2) is 4.65. The highest BCUT2D eigenvalue weighted by Gasteiger charge is 2.50. The molecule has 0 aromatic heterocycles. The number of hydrogen-bond acceptors (Lipinski definition) is 2. The summed E-state index contributed by atoms with van der Waals surface area (Å²) in [6, 6.07) is 0. The fraction of sp³-hybridized carbons (Fsp3) is 1.00. The van der Waals surface area contributed by atoms with Crippen molar-refractivity contribution in [2.24, 2.45) is 5.92 Å². The molecule has 2 atom stereocenters. The Labute approximate surface area is 107 Å². The third-order valence-electron chi connectivity index (χ3n) is 5.25. The van der Waals surface area contributed by atoms with Crippen molar-refractivity contribution in [3.8, 4) is 0 Å². The normalized spacial score (nSPS) is 47.9. The summed E-state index contributed by atoms with van der Waals surface area (Å²) in [6.45, 7) is 0. The van der Waals surface area contributed by atoms with Crippen molar-refractivity contribution in [2.75, 3.05) is 0 Å². The van der Waals surface area contributed by atoms with Gasteiger partial charge in [-0.05, 0) is 44.4 Å². The largest absolute Gasteiger partial charge is 0.390 e. The van der Waals surface area contributed by atoms with E-state index in [1.165, 1.54) is 38.5 Å². The van der Waals surface area contributed by atoms with Crippen LogP contribution < -0.4 is 0 Å². The van der Waals surface area contributed by atoms with Crippen LogP contribution in [0.15, 0.2) is 0 Å². The molecule has 2 unspecified atom stereocenters. The van der Waals surface area contributed by atoms with Crippen LogP contribution >= 0.6 is 0 Å². The fourth-order valence-corrected chi connectivity index (χ4v) is 6.45. The van der Waals surface area contributed by atoms with E-state index < -0.39 is 16.4 Å². The van der Waals surface area contributed by atoms with Gasteiger partial charge >= 0.3 is 0 Å². The Morgan fingerprint density at radius 3 is 1.94 bits per heavy atom. The van der Waals surface area contributed by atoms with Crippen molar-refractivity contribution >= 4 is 10.8 Å². The lowest BCUT2D eigenvalue weighted by Crippen LogP contribution is -2.47. The second-order valence-corrected chi connectivity index (χ2v) is 8.34. The molecule has 2 heterocycles. The first-order chi connectivity index (χ1) is 8.19. The molecule has 2 aliphatic heterocycles. The van der Waals surface area contributed by atoms with Crippen LogP contribution in [0.25, 0.3) is 0 Å². The molecule has 3 fully saturated rings. The van der Waals surface area contributed by atoms with Crippen LogP contribution in [0.5, 0.6) is 0 Å². The van der Waals surface area contributed by atoms with Crippen molar-refractivity contribution in [1.29, 1.82) is 0 Å². The molecule has 0 aromatic carbocycles. The van der Waals surface area contributed by atoms with E-state index in [0.29, 0.717) is 16.4 Å². The minimum absolute atomic E-state index is 0.307. The van der Waals surface area contributed by atoms with Crippen molar-refractivity contribution in [3.05, 3.63) is 0 Å². The van der Waals surface area contributed by atoms with Crippen molar-refractivity contribution in [1.82, 2.24) is 0 Å². The molecule has 3 rings (SSSR count). The molecule has 2 bridgehead atoms. The molecule has 1 saturated carbocycles. The molecular formula is C14H24O2S. The van der Waals surface area contributed by atoms with Gasteiger partial charge in [0.1, 0.15) is 0 Å². The van der Waals surface area contributed by atoms with Crippen LogP contribution in [0.3, 0.4) is 0 Å². The lowest BCUT2D eigenvalue weighted by molar-refractivity contribution is -0.0394. The standard InChI is InChI=1S/C14H24O2S/c15-14(11-5-3-1-2-4-6-11)9-12-7-8-13(10-14)17(12)16/h11-13,15H,1-10H2. The Hall–Kier alpha value is 0.110. The lowest BCUT2D eigenvalue weighted by atomic mass is 9.76. The Kier molecular flexibility index (Phi) is 3.33. The predicted molar refractivity (Wildman–Crippen MR) is 70.3 cm³/mol. The van der Waals surface area contributed by atoms with Crippen molar-refractivity contribution in [3.63, 3.8) is 0 Å². The Balaban J connectivity index is 1.75. The van der Waals surface area contributed by atoms with Crippen LogP contribution in [0.4, 0.5) is 0 Å². The number of fused-ring (bicyclic) bond motifs is 2. The van der Waals surface area contributed by atoms with Gasteiger partial charge in [0.05, 0.1) is 5.60 Å². The highest BCUT2D eigenvalue weighted by Crippen LogP contribution is 2.47. The fourth-order valence-electron chi connectivity index (χ4n) is 4.27. The summed E-state index contributed by atoms with van der Waals surface area (Å²) in [5.41, 5.74) is -0.468. The van der Waals surface area contributed by atoms with E-state index in [1.807, 2.05) is 0 Å². The van der Waals surface area contributed by atoms with E-state index in [9.17, 15) is 9.32 Å². The average molecular weight is 256 g/mol. The zero-order valence-electron chi connectivity index (χ0n) is 10.6. The van der Waals surface area contributed by atoms with Gasteiger partial charge < -0.3 is 5.11 Å². The summed E-state index contributed by atoms with van der Waals surface area (Å²) < 4.78 is 12.0. The van der Waals surface area contributed by atoms with E-state index in [2.05, 4.69) is 0 Å². The monoisotopic (exact) mass is 256 g/mol. The maximum atomic E-state index is 12.0. The molecule has 2 nitrogen and oxygen atoms in total. The minimum atomic E-state index is -0.634. The van der Waals surface area contributed by atoms with Crippen LogP contribution in [0, 0.1) is 5.92 Å².